The van der Waals surface area contributed by atoms with Gasteiger partial charge in [-0.25, -0.2) is 4.98 Å². The summed E-state index contributed by atoms with van der Waals surface area (Å²) in [5, 5.41) is 0. The van der Waals surface area contributed by atoms with Gasteiger partial charge in [0, 0.05) is 0 Å². The number of nitrogens with zero attached hydrogens (tertiary/aromatic N) is 1. The molecule has 0 fully saturated rings. The molecule has 2 rings (SSSR count). The summed E-state index contributed by atoms with van der Waals surface area (Å²) in [5.41, 5.74) is 8.65. The number of hydrogen-bond donors (Lipinski definition) is 2. The van der Waals surface area contributed by atoms with Crippen molar-refractivity contribution in [3.05, 3.63) is 29.6 Å². The Labute approximate surface area is 87.3 Å². The molecule has 1 heterocycles. The summed E-state index contributed by atoms with van der Waals surface area (Å²) in [5.74, 6) is 0.835. The molecule has 3 N–H and O–H groups in total. The van der Waals surface area contributed by atoms with Crippen molar-refractivity contribution in [2.45, 2.75) is 13.3 Å². The van der Waals surface area contributed by atoms with Gasteiger partial charge >= 0.3 is 0 Å². The summed E-state index contributed by atoms with van der Waals surface area (Å²) in [7, 11) is 0. The van der Waals surface area contributed by atoms with E-state index < -0.39 is 0 Å². The average Bonchev–Trinajstić information content (AvgIpc) is 2.47. The molecule has 0 atom stereocenters. The number of aryl methyl sites for hydroxylation is 1. The molecule has 0 aliphatic carbocycles. The summed E-state index contributed by atoms with van der Waals surface area (Å²) >= 11 is 4.83. The maximum Gasteiger partial charge on any atom is 0.114 e. The van der Waals surface area contributed by atoms with Gasteiger partial charge in [-0.3, -0.25) is 0 Å². The molecule has 0 radical (unpaired) electrons. The molecule has 2 aromatic rings. The highest BCUT2D eigenvalue weighted by atomic mass is 32.1. The molecule has 0 amide bonds. The SMILES string of the molecule is Cc1cccc2[nH]c(CC(N)=S)nc12. The summed E-state index contributed by atoms with van der Waals surface area (Å²) in [4.78, 5) is 8.08. The standard InChI is InChI=1S/C10H11N3S/c1-6-3-2-4-7-10(6)13-9(12-7)5-8(11)14/h2-4H,5H2,1H3,(H2,11,14)(H,12,13). The van der Waals surface area contributed by atoms with Gasteiger partial charge in [-0.2, -0.15) is 0 Å². The van der Waals surface area contributed by atoms with Crippen LogP contribution >= 0.6 is 12.2 Å². The molecule has 0 aliphatic rings. The summed E-state index contributed by atoms with van der Waals surface area (Å²) < 4.78 is 0. The third-order valence-electron chi connectivity index (χ3n) is 2.11. The van der Waals surface area contributed by atoms with Crippen molar-refractivity contribution in [2.75, 3.05) is 0 Å². The molecule has 14 heavy (non-hydrogen) atoms. The molecule has 0 unspecified atom stereocenters. The molecule has 0 saturated carbocycles. The molecule has 0 bridgehead atoms. The van der Waals surface area contributed by atoms with Crippen LogP contribution in [0.5, 0.6) is 0 Å². The van der Waals surface area contributed by atoms with Crippen molar-refractivity contribution in [3.63, 3.8) is 0 Å². The first-order chi connectivity index (χ1) is 6.66. The number of rotatable bonds is 2. The van der Waals surface area contributed by atoms with Gasteiger partial charge in [-0.1, -0.05) is 24.4 Å². The van der Waals surface area contributed by atoms with Gasteiger partial charge in [-0.15, -0.1) is 0 Å². The average molecular weight is 205 g/mol. The Bertz CT molecular complexity index is 487. The van der Waals surface area contributed by atoms with Crippen LogP contribution in [-0.2, 0) is 6.42 Å². The lowest BCUT2D eigenvalue weighted by atomic mass is 10.2. The normalized spacial score (nSPS) is 10.6. The van der Waals surface area contributed by atoms with Crippen LogP contribution in [0.1, 0.15) is 11.4 Å². The zero-order valence-corrected chi connectivity index (χ0v) is 8.69. The highest BCUT2D eigenvalue weighted by Gasteiger charge is 2.04. The third-order valence-corrected chi connectivity index (χ3v) is 2.25. The topological polar surface area (TPSA) is 54.7 Å². The van der Waals surface area contributed by atoms with Crippen molar-refractivity contribution in [1.82, 2.24) is 9.97 Å². The minimum Gasteiger partial charge on any atom is -0.393 e. The molecule has 4 heteroatoms. The van der Waals surface area contributed by atoms with Gasteiger partial charge in [0.2, 0.25) is 0 Å². The van der Waals surface area contributed by atoms with Gasteiger partial charge in [0.15, 0.2) is 0 Å². The van der Waals surface area contributed by atoms with E-state index in [1.54, 1.807) is 0 Å². The van der Waals surface area contributed by atoms with Gasteiger partial charge < -0.3 is 10.7 Å². The highest BCUT2D eigenvalue weighted by molar-refractivity contribution is 7.80. The first-order valence-electron chi connectivity index (χ1n) is 4.39. The van der Waals surface area contributed by atoms with Gasteiger partial charge in [0.05, 0.1) is 22.4 Å². The molecule has 1 aromatic heterocycles. The Kier molecular flexibility index (Phi) is 2.21. The molecule has 0 spiro atoms. The van der Waals surface area contributed by atoms with E-state index in [0.717, 1.165) is 22.4 Å². The Hall–Kier alpha value is -1.42. The second-order valence-electron chi connectivity index (χ2n) is 3.30. The monoisotopic (exact) mass is 205 g/mol. The van der Waals surface area contributed by atoms with Crippen molar-refractivity contribution < 1.29 is 0 Å². The van der Waals surface area contributed by atoms with Crippen LogP contribution in [0.4, 0.5) is 0 Å². The fourth-order valence-corrected chi connectivity index (χ4v) is 1.61. The van der Waals surface area contributed by atoms with Crippen LogP contribution in [-0.4, -0.2) is 15.0 Å². The molecule has 1 aromatic carbocycles. The minimum absolute atomic E-state index is 0.460. The minimum atomic E-state index is 0.460. The number of imidazole rings is 1. The summed E-state index contributed by atoms with van der Waals surface area (Å²) in [6.45, 7) is 2.04. The van der Waals surface area contributed by atoms with E-state index in [0.29, 0.717) is 11.4 Å². The molecule has 3 nitrogen and oxygen atoms in total. The van der Waals surface area contributed by atoms with E-state index in [-0.39, 0.29) is 0 Å². The van der Waals surface area contributed by atoms with Crippen LogP contribution < -0.4 is 5.73 Å². The highest BCUT2D eigenvalue weighted by Crippen LogP contribution is 2.15. The third kappa shape index (κ3) is 1.61. The predicted octanol–water partition coefficient (Wildman–Crippen LogP) is 1.70. The fourth-order valence-electron chi connectivity index (χ4n) is 1.48. The maximum absolute atomic E-state index is 5.46. The Morgan fingerprint density at radius 1 is 1.57 bits per heavy atom. The molecule has 72 valence electrons. The van der Waals surface area contributed by atoms with Crippen LogP contribution in [0.2, 0.25) is 0 Å². The van der Waals surface area contributed by atoms with E-state index in [2.05, 4.69) is 9.97 Å². The molecule has 0 saturated heterocycles. The number of nitrogens with one attached hydrogen (secondary N) is 1. The van der Waals surface area contributed by atoms with E-state index in [1.807, 2.05) is 25.1 Å². The second-order valence-corrected chi connectivity index (χ2v) is 3.82. The molecule has 0 aliphatic heterocycles. The number of aromatic nitrogens is 2. The van der Waals surface area contributed by atoms with E-state index in [9.17, 15) is 0 Å². The fraction of sp³-hybridized carbons (Fsp3) is 0.200. The number of para-hydroxylation sites is 1. The molecular weight excluding hydrogens is 194 g/mol. The number of nitrogens with two attached hydrogens (primary N) is 1. The van der Waals surface area contributed by atoms with Gasteiger partial charge in [-0.05, 0) is 18.6 Å². The van der Waals surface area contributed by atoms with Gasteiger partial charge in [0.25, 0.3) is 0 Å². The van der Waals surface area contributed by atoms with Crippen LogP contribution in [0.25, 0.3) is 11.0 Å². The van der Waals surface area contributed by atoms with E-state index in [1.165, 1.54) is 0 Å². The summed E-state index contributed by atoms with van der Waals surface area (Å²) in [6, 6.07) is 6.03. The Morgan fingerprint density at radius 3 is 3.00 bits per heavy atom. The lowest BCUT2D eigenvalue weighted by Gasteiger charge is -1.90. The Balaban J connectivity index is 2.51. The molecular formula is C10H11N3S. The number of fused-ring (bicyclic) bond motifs is 1. The number of hydrogen-bond acceptors (Lipinski definition) is 2. The first-order valence-corrected chi connectivity index (χ1v) is 4.80. The Morgan fingerprint density at radius 2 is 2.36 bits per heavy atom. The first kappa shape index (κ1) is 9.15. The smallest absolute Gasteiger partial charge is 0.114 e. The quantitative estimate of drug-likeness (QED) is 0.734. The number of benzene rings is 1. The largest absolute Gasteiger partial charge is 0.393 e. The van der Waals surface area contributed by atoms with Crippen LogP contribution in [0, 0.1) is 6.92 Å². The van der Waals surface area contributed by atoms with Crippen molar-refractivity contribution in [1.29, 1.82) is 0 Å². The number of aromatic amines is 1. The van der Waals surface area contributed by atoms with Crippen molar-refractivity contribution in [3.8, 4) is 0 Å². The lowest BCUT2D eigenvalue weighted by Crippen LogP contribution is -2.11. The maximum atomic E-state index is 5.46. The second kappa shape index (κ2) is 3.38. The van der Waals surface area contributed by atoms with Crippen molar-refractivity contribution >= 4 is 28.2 Å². The van der Waals surface area contributed by atoms with Gasteiger partial charge in [0.1, 0.15) is 5.82 Å². The van der Waals surface area contributed by atoms with Crippen LogP contribution in [0.15, 0.2) is 18.2 Å². The van der Waals surface area contributed by atoms with E-state index in [4.69, 9.17) is 18.0 Å². The van der Waals surface area contributed by atoms with E-state index >= 15 is 0 Å². The number of thiocarbonyl (C=S) groups is 1. The lowest BCUT2D eigenvalue weighted by molar-refractivity contribution is 1.10. The zero-order chi connectivity index (χ0) is 10.1. The van der Waals surface area contributed by atoms with Crippen LogP contribution in [0.3, 0.4) is 0 Å². The predicted molar refractivity (Wildman–Crippen MR) is 61.3 cm³/mol. The zero-order valence-electron chi connectivity index (χ0n) is 7.87. The summed E-state index contributed by atoms with van der Waals surface area (Å²) in [6.07, 6.45) is 0.531. The van der Waals surface area contributed by atoms with Crippen molar-refractivity contribution in [2.24, 2.45) is 5.73 Å². The number of H-pyrrole nitrogens is 1.